The van der Waals surface area contributed by atoms with E-state index in [0.29, 0.717) is 17.4 Å². The molecule has 2 bridgehead atoms. The van der Waals surface area contributed by atoms with E-state index in [0.717, 1.165) is 28.3 Å². The largest absolute Gasteiger partial charge is 0.360 e. The molecule has 104 valence electrons. The van der Waals surface area contributed by atoms with Gasteiger partial charge in [0.05, 0.1) is 5.02 Å². The molecule has 0 aliphatic heterocycles. The Balaban J connectivity index is 1.61. The van der Waals surface area contributed by atoms with Crippen LogP contribution in [0.1, 0.15) is 42.5 Å². The Morgan fingerprint density at radius 3 is 2.95 bits per heavy atom. The zero-order chi connectivity index (χ0) is 13.7. The molecule has 0 radical (unpaired) electrons. The average Bonchev–Trinajstić information content (AvgIpc) is 3.12. The molecular weight excluding hydrogens is 270 g/mol. The molecule has 2 aliphatic carbocycles. The third-order valence-electron chi connectivity index (χ3n) is 5.29. The number of fused-ring (bicyclic) bond motifs is 3. The van der Waals surface area contributed by atoms with Gasteiger partial charge in [0.15, 0.2) is 5.78 Å². The smallest absolute Gasteiger partial charge is 0.165 e. The van der Waals surface area contributed by atoms with Crippen LogP contribution in [0.15, 0.2) is 24.4 Å². The fourth-order valence-corrected chi connectivity index (χ4v) is 4.61. The number of carbonyl (C=O) groups is 1. The van der Waals surface area contributed by atoms with Gasteiger partial charge in [-0.1, -0.05) is 24.1 Å². The van der Waals surface area contributed by atoms with Crippen molar-refractivity contribution in [3.05, 3.63) is 35.0 Å². The summed E-state index contributed by atoms with van der Waals surface area (Å²) in [6.07, 6.45) is 7.84. The summed E-state index contributed by atoms with van der Waals surface area (Å²) in [4.78, 5) is 15.8. The monoisotopic (exact) mass is 287 g/mol. The minimum atomic E-state index is 0.252. The predicted octanol–water partition coefficient (Wildman–Crippen LogP) is 4.83. The van der Waals surface area contributed by atoms with Gasteiger partial charge in [0.25, 0.3) is 0 Å². The lowest BCUT2D eigenvalue weighted by Crippen LogP contribution is -2.15. The van der Waals surface area contributed by atoms with Crippen LogP contribution in [0.4, 0.5) is 0 Å². The Bertz CT molecular complexity index is 675. The summed E-state index contributed by atoms with van der Waals surface area (Å²) >= 11 is 6.26. The number of rotatable bonds is 3. The Labute approximate surface area is 123 Å². The first-order chi connectivity index (χ1) is 9.72. The van der Waals surface area contributed by atoms with Crippen LogP contribution >= 0.6 is 11.6 Å². The van der Waals surface area contributed by atoms with E-state index in [9.17, 15) is 4.79 Å². The fraction of sp³-hybridized carbons (Fsp3) is 0.471. The van der Waals surface area contributed by atoms with Gasteiger partial charge in [0.2, 0.25) is 0 Å². The second-order valence-corrected chi connectivity index (χ2v) is 6.83. The molecule has 3 heteroatoms. The van der Waals surface area contributed by atoms with E-state index in [1.807, 2.05) is 24.4 Å². The first-order valence-electron chi connectivity index (χ1n) is 7.51. The molecule has 2 fully saturated rings. The van der Waals surface area contributed by atoms with Crippen LogP contribution in [0.2, 0.25) is 5.02 Å². The number of H-pyrrole nitrogens is 1. The maximum Gasteiger partial charge on any atom is 0.165 e. The van der Waals surface area contributed by atoms with Gasteiger partial charge in [-0.3, -0.25) is 4.79 Å². The molecule has 2 nitrogen and oxygen atoms in total. The second-order valence-electron chi connectivity index (χ2n) is 6.43. The van der Waals surface area contributed by atoms with Gasteiger partial charge in [0.1, 0.15) is 0 Å². The van der Waals surface area contributed by atoms with E-state index in [1.165, 1.54) is 25.7 Å². The zero-order valence-electron chi connectivity index (χ0n) is 11.4. The molecule has 0 saturated heterocycles. The van der Waals surface area contributed by atoms with E-state index in [1.54, 1.807) is 0 Å². The van der Waals surface area contributed by atoms with E-state index in [4.69, 9.17) is 11.6 Å². The Hall–Kier alpha value is -1.28. The minimum absolute atomic E-state index is 0.252. The summed E-state index contributed by atoms with van der Waals surface area (Å²) in [6.45, 7) is 0. The lowest BCUT2D eigenvalue weighted by Gasteiger charge is -2.20. The molecule has 20 heavy (non-hydrogen) atoms. The predicted molar refractivity (Wildman–Crippen MR) is 81.2 cm³/mol. The summed E-state index contributed by atoms with van der Waals surface area (Å²) in [5.74, 6) is 2.55. The van der Waals surface area contributed by atoms with Crippen molar-refractivity contribution >= 4 is 28.3 Å². The topological polar surface area (TPSA) is 32.9 Å². The minimum Gasteiger partial charge on any atom is -0.360 e. The van der Waals surface area contributed by atoms with E-state index in [2.05, 4.69) is 4.98 Å². The van der Waals surface area contributed by atoms with E-state index >= 15 is 0 Å². The third-order valence-corrected chi connectivity index (χ3v) is 5.60. The molecule has 0 amide bonds. The molecule has 1 aromatic carbocycles. The molecule has 1 aromatic heterocycles. The Morgan fingerprint density at radius 2 is 2.20 bits per heavy atom. The number of aromatic amines is 1. The second kappa shape index (κ2) is 4.63. The molecule has 2 saturated carbocycles. The number of ketones is 1. The number of aromatic nitrogens is 1. The van der Waals surface area contributed by atoms with Crippen LogP contribution in [-0.2, 0) is 0 Å². The van der Waals surface area contributed by atoms with Crippen LogP contribution in [0.3, 0.4) is 0 Å². The third kappa shape index (κ3) is 1.89. The van der Waals surface area contributed by atoms with E-state index in [-0.39, 0.29) is 5.78 Å². The molecule has 2 aliphatic rings. The van der Waals surface area contributed by atoms with Crippen molar-refractivity contribution in [1.82, 2.24) is 4.98 Å². The quantitative estimate of drug-likeness (QED) is 0.806. The number of hydrogen-bond donors (Lipinski definition) is 1. The van der Waals surface area contributed by atoms with Gasteiger partial charge in [0, 0.05) is 29.1 Å². The maximum atomic E-state index is 12.6. The molecule has 2 aromatic rings. The van der Waals surface area contributed by atoms with Gasteiger partial charge in [-0.15, -0.1) is 0 Å². The van der Waals surface area contributed by atoms with Crippen molar-refractivity contribution in [2.45, 2.75) is 32.1 Å². The van der Waals surface area contributed by atoms with Crippen LogP contribution in [0.5, 0.6) is 0 Å². The zero-order valence-corrected chi connectivity index (χ0v) is 12.1. The molecule has 4 rings (SSSR count). The van der Waals surface area contributed by atoms with Crippen LogP contribution < -0.4 is 0 Å². The molecular formula is C17H18ClNO. The van der Waals surface area contributed by atoms with E-state index < -0.39 is 0 Å². The highest BCUT2D eigenvalue weighted by Crippen LogP contribution is 2.50. The Morgan fingerprint density at radius 1 is 1.30 bits per heavy atom. The number of Topliss-reactive ketones (excluding diaryl/α,β-unsaturated/α-hetero) is 1. The first kappa shape index (κ1) is 12.5. The molecule has 3 atom stereocenters. The standard InChI is InChI=1S/C17H18ClNO/c18-14-2-1-3-15-17(14)13(9-19-15)16(20)8-12-7-10-4-5-11(12)6-10/h1-3,9-12,19H,4-8H2. The van der Waals surface area contributed by atoms with Crippen molar-refractivity contribution < 1.29 is 4.79 Å². The highest BCUT2D eigenvalue weighted by Gasteiger charge is 2.40. The van der Waals surface area contributed by atoms with Crippen molar-refractivity contribution in [2.75, 3.05) is 0 Å². The molecule has 1 heterocycles. The van der Waals surface area contributed by atoms with Crippen LogP contribution in [-0.4, -0.2) is 10.8 Å². The van der Waals surface area contributed by atoms with Crippen LogP contribution in [0, 0.1) is 17.8 Å². The highest BCUT2D eigenvalue weighted by molar-refractivity contribution is 6.36. The molecule has 0 spiro atoms. The number of hydrogen-bond acceptors (Lipinski definition) is 1. The number of carbonyl (C=O) groups excluding carboxylic acids is 1. The summed E-state index contributed by atoms with van der Waals surface area (Å²) in [5, 5.41) is 1.56. The first-order valence-corrected chi connectivity index (χ1v) is 7.89. The fourth-order valence-electron chi connectivity index (χ4n) is 4.33. The molecule has 3 unspecified atom stereocenters. The summed E-state index contributed by atoms with van der Waals surface area (Å²) < 4.78 is 0. The lowest BCUT2D eigenvalue weighted by molar-refractivity contribution is 0.0946. The number of benzene rings is 1. The number of halogens is 1. The maximum absolute atomic E-state index is 12.6. The van der Waals surface area contributed by atoms with Gasteiger partial charge in [-0.2, -0.15) is 0 Å². The SMILES string of the molecule is O=C(CC1CC2CCC1C2)c1c[nH]c2cccc(Cl)c12. The molecule has 1 N–H and O–H groups in total. The van der Waals surface area contributed by atoms with Crippen molar-refractivity contribution in [1.29, 1.82) is 0 Å². The van der Waals surface area contributed by atoms with Crippen molar-refractivity contribution in [2.24, 2.45) is 17.8 Å². The van der Waals surface area contributed by atoms with Crippen LogP contribution in [0.25, 0.3) is 10.9 Å². The number of nitrogens with one attached hydrogen (secondary N) is 1. The lowest BCUT2D eigenvalue weighted by atomic mass is 9.84. The summed E-state index contributed by atoms with van der Waals surface area (Å²) in [5.41, 5.74) is 1.72. The summed E-state index contributed by atoms with van der Waals surface area (Å²) in [6, 6.07) is 5.73. The van der Waals surface area contributed by atoms with Gasteiger partial charge >= 0.3 is 0 Å². The normalized spacial score (nSPS) is 28.4. The summed E-state index contributed by atoms with van der Waals surface area (Å²) in [7, 11) is 0. The van der Waals surface area contributed by atoms with Crippen molar-refractivity contribution in [3.8, 4) is 0 Å². The van der Waals surface area contributed by atoms with Gasteiger partial charge in [-0.05, 0) is 49.1 Å². The highest BCUT2D eigenvalue weighted by atomic mass is 35.5. The van der Waals surface area contributed by atoms with Crippen molar-refractivity contribution in [3.63, 3.8) is 0 Å². The van der Waals surface area contributed by atoms with Gasteiger partial charge < -0.3 is 4.98 Å². The average molecular weight is 288 g/mol. The van der Waals surface area contributed by atoms with Gasteiger partial charge in [-0.25, -0.2) is 0 Å². The Kier molecular flexibility index (Phi) is 2.88.